The normalized spacial score (nSPS) is 15.1. The van der Waals surface area contributed by atoms with Crippen LogP contribution in [0.15, 0.2) is 53.7 Å². The third-order valence-corrected chi connectivity index (χ3v) is 5.27. The zero-order valence-electron chi connectivity index (χ0n) is 18.4. The van der Waals surface area contributed by atoms with Gasteiger partial charge in [0.1, 0.15) is 11.8 Å². The molecule has 3 aromatic rings. The number of para-hydroxylation sites is 1. The first-order chi connectivity index (χ1) is 15.5. The molecular weight excluding hydrogens is 410 g/mol. The molecule has 0 saturated carbocycles. The topological polar surface area (TPSA) is 114 Å². The number of anilines is 1. The van der Waals surface area contributed by atoms with Gasteiger partial charge in [-0.1, -0.05) is 18.2 Å². The quantitative estimate of drug-likeness (QED) is 0.586. The van der Waals surface area contributed by atoms with Crippen molar-refractivity contribution >= 4 is 11.9 Å². The van der Waals surface area contributed by atoms with Crippen molar-refractivity contribution in [2.24, 2.45) is 5.73 Å². The number of aromatic nitrogens is 3. The molecule has 0 fully saturated rings. The molecular formula is C23H25N5O4. The van der Waals surface area contributed by atoms with Crippen molar-refractivity contribution in [1.29, 1.82) is 0 Å². The Balaban J connectivity index is 1.87. The first kappa shape index (κ1) is 21.2. The SMILES string of the molecule is CCOc1ccccc1C1C(C(N)=O)=C(C)Nc2nc(-c3ccc(OC)c(OC)c3)nn21. The summed E-state index contributed by atoms with van der Waals surface area (Å²) >= 11 is 0. The van der Waals surface area contributed by atoms with Crippen LogP contribution in [0.4, 0.5) is 5.95 Å². The van der Waals surface area contributed by atoms with Gasteiger partial charge in [-0.25, -0.2) is 4.68 Å². The fourth-order valence-electron chi connectivity index (χ4n) is 3.85. The molecule has 1 aliphatic heterocycles. The Kier molecular flexibility index (Phi) is 5.72. The Morgan fingerprint density at radius 1 is 1.12 bits per heavy atom. The van der Waals surface area contributed by atoms with Crippen molar-refractivity contribution < 1.29 is 19.0 Å². The van der Waals surface area contributed by atoms with E-state index in [4.69, 9.17) is 25.0 Å². The second-order valence-corrected chi connectivity index (χ2v) is 7.17. The number of carbonyl (C=O) groups excluding carboxylic acids is 1. The van der Waals surface area contributed by atoms with Crippen LogP contribution in [0.25, 0.3) is 11.4 Å². The molecule has 0 saturated heterocycles. The summed E-state index contributed by atoms with van der Waals surface area (Å²) < 4.78 is 18.2. The number of benzene rings is 2. The minimum absolute atomic E-state index is 0.397. The van der Waals surface area contributed by atoms with Crippen molar-refractivity contribution in [1.82, 2.24) is 14.8 Å². The van der Waals surface area contributed by atoms with E-state index in [2.05, 4.69) is 10.3 Å². The monoisotopic (exact) mass is 435 g/mol. The highest BCUT2D eigenvalue weighted by Gasteiger charge is 2.35. The summed E-state index contributed by atoms with van der Waals surface area (Å²) in [6.45, 7) is 4.19. The van der Waals surface area contributed by atoms with E-state index < -0.39 is 11.9 Å². The van der Waals surface area contributed by atoms with Crippen LogP contribution in [0, 0.1) is 0 Å². The third-order valence-electron chi connectivity index (χ3n) is 5.27. The minimum atomic E-state index is -0.590. The maximum Gasteiger partial charge on any atom is 0.248 e. The molecule has 4 rings (SSSR count). The van der Waals surface area contributed by atoms with Crippen LogP contribution in [-0.4, -0.2) is 41.5 Å². The van der Waals surface area contributed by atoms with Gasteiger partial charge in [-0.05, 0) is 38.1 Å². The molecule has 166 valence electrons. The molecule has 2 heterocycles. The van der Waals surface area contributed by atoms with E-state index in [1.54, 1.807) is 38.0 Å². The minimum Gasteiger partial charge on any atom is -0.494 e. The first-order valence-corrected chi connectivity index (χ1v) is 10.2. The second-order valence-electron chi connectivity index (χ2n) is 7.17. The molecule has 1 amide bonds. The fraction of sp³-hybridized carbons (Fsp3) is 0.261. The average molecular weight is 435 g/mol. The fourth-order valence-corrected chi connectivity index (χ4v) is 3.85. The number of nitrogens with zero attached hydrogens (tertiary/aromatic N) is 3. The molecule has 1 aromatic heterocycles. The molecule has 32 heavy (non-hydrogen) atoms. The number of hydrogen-bond donors (Lipinski definition) is 2. The smallest absolute Gasteiger partial charge is 0.248 e. The molecule has 0 bridgehead atoms. The van der Waals surface area contributed by atoms with E-state index >= 15 is 0 Å². The maximum atomic E-state index is 12.4. The van der Waals surface area contributed by atoms with Gasteiger partial charge in [-0.3, -0.25) is 4.79 Å². The average Bonchev–Trinajstić information content (AvgIpc) is 3.21. The van der Waals surface area contributed by atoms with Gasteiger partial charge in [-0.15, -0.1) is 5.10 Å². The highest BCUT2D eigenvalue weighted by atomic mass is 16.5. The number of amides is 1. The van der Waals surface area contributed by atoms with E-state index in [-0.39, 0.29) is 0 Å². The van der Waals surface area contributed by atoms with Crippen molar-refractivity contribution in [3.63, 3.8) is 0 Å². The summed E-state index contributed by atoms with van der Waals surface area (Å²) in [6.07, 6.45) is 0. The van der Waals surface area contributed by atoms with Crippen LogP contribution in [0.3, 0.4) is 0 Å². The summed E-state index contributed by atoms with van der Waals surface area (Å²) in [4.78, 5) is 17.1. The highest BCUT2D eigenvalue weighted by Crippen LogP contribution is 2.40. The standard InChI is InChI=1S/C23H25N5O4/c1-5-32-16-9-7-6-8-15(16)20-19(21(24)29)13(2)25-23-26-22(27-28(20)23)14-10-11-17(30-3)18(12-14)31-4/h6-12,20H,5H2,1-4H3,(H2,24,29)(H,25,26,27). The lowest BCUT2D eigenvalue weighted by atomic mass is 9.94. The Morgan fingerprint density at radius 3 is 2.56 bits per heavy atom. The van der Waals surface area contributed by atoms with Crippen molar-refractivity contribution in [3.05, 3.63) is 59.3 Å². The Hall–Kier alpha value is -4.01. The maximum absolute atomic E-state index is 12.4. The van der Waals surface area contributed by atoms with E-state index in [9.17, 15) is 4.79 Å². The largest absolute Gasteiger partial charge is 0.494 e. The van der Waals surface area contributed by atoms with Gasteiger partial charge in [0, 0.05) is 16.8 Å². The molecule has 9 heteroatoms. The van der Waals surface area contributed by atoms with Crippen LogP contribution in [0.2, 0.25) is 0 Å². The summed E-state index contributed by atoms with van der Waals surface area (Å²) in [5.41, 5.74) is 8.31. The number of primary amides is 1. The van der Waals surface area contributed by atoms with E-state index in [0.717, 1.165) is 11.1 Å². The van der Waals surface area contributed by atoms with Crippen LogP contribution >= 0.6 is 0 Å². The molecule has 9 nitrogen and oxygen atoms in total. The summed E-state index contributed by atoms with van der Waals surface area (Å²) in [6, 6.07) is 12.4. The highest BCUT2D eigenvalue weighted by molar-refractivity contribution is 5.95. The lowest BCUT2D eigenvalue weighted by Crippen LogP contribution is -2.32. The number of ether oxygens (including phenoxy) is 3. The number of hydrogen-bond acceptors (Lipinski definition) is 7. The molecule has 1 unspecified atom stereocenters. The third kappa shape index (κ3) is 3.62. The van der Waals surface area contributed by atoms with Crippen LogP contribution in [0.1, 0.15) is 25.5 Å². The predicted octanol–water partition coefficient (Wildman–Crippen LogP) is 3.14. The van der Waals surface area contributed by atoms with Gasteiger partial charge < -0.3 is 25.3 Å². The molecule has 3 N–H and O–H groups in total. The van der Waals surface area contributed by atoms with E-state index in [1.807, 2.05) is 37.3 Å². The van der Waals surface area contributed by atoms with Gasteiger partial charge in [0.05, 0.1) is 26.4 Å². The predicted molar refractivity (Wildman–Crippen MR) is 120 cm³/mol. The van der Waals surface area contributed by atoms with Crippen molar-refractivity contribution in [2.45, 2.75) is 19.9 Å². The molecule has 0 radical (unpaired) electrons. The summed E-state index contributed by atoms with van der Waals surface area (Å²) in [7, 11) is 3.15. The van der Waals surface area contributed by atoms with E-state index in [1.165, 1.54) is 0 Å². The Bertz CT molecular complexity index is 1200. The van der Waals surface area contributed by atoms with Gasteiger partial charge in [-0.2, -0.15) is 4.98 Å². The first-order valence-electron chi connectivity index (χ1n) is 10.2. The Labute approximate surface area is 185 Å². The number of fused-ring (bicyclic) bond motifs is 1. The number of nitrogens with two attached hydrogens (primary N) is 1. The molecule has 1 atom stereocenters. The lowest BCUT2D eigenvalue weighted by Gasteiger charge is -2.28. The molecule has 0 aliphatic carbocycles. The van der Waals surface area contributed by atoms with Gasteiger partial charge >= 0.3 is 0 Å². The van der Waals surface area contributed by atoms with Crippen LogP contribution in [-0.2, 0) is 4.79 Å². The second kappa shape index (κ2) is 8.62. The molecule has 0 spiro atoms. The zero-order chi connectivity index (χ0) is 22.8. The van der Waals surface area contributed by atoms with Gasteiger partial charge in [0.15, 0.2) is 17.3 Å². The summed E-state index contributed by atoms with van der Waals surface area (Å²) in [5, 5.41) is 7.88. The number of rotatable bonds is 7. The zero-order valence-corrected chi connectivity index (χ0v) is 18.4. The van der Waals surface area contributed by atoms with Crippen molar-refractivity contribution in [3.8, 4) is 28.6 Å². The number of carbonyl (C=O) groups is 1. The molecule has 2 aromatic carbocycles. The lowest BCUT2D eigenvalue weighted by molar-refractivity contribution is -0.115. The van der Waals surface area contributed by atoms with Crippen LogP contribution < -0.4 is 25.3 Å². The number of allylic oxidation sites excluding steroid dienone is 1. The molecule has 1 aliphatic rings. The van der Waals surface area contributed by atoms with Gasteiger partial charge in [0.2, 0.25) is 11.9 Å². The summed E-state index contributed by atoms with van der Waals surface area (Å²) in [5.74, 6) is 2.24. The van der Waals surface area contributed by atoms with Gasteiger partial charge in [0.25, 0.3) is 0 Å². The Morgan fingerprint density at radius 2 is 1.88 bits per heavy atom. The van der Waals surface area contributed by atoms with Crippen LogP contribution in [0.5, 0.6) is 17.2 Å². The number of nitrogens with one attached hydrogen (secondary N) is 1. The van der Waals surface area contributed by atoms with E-state index in [0.29, 0.717) is 46.9 Å². The van der Waals surface area contributed by atoms with Crippen molar-refractivity contribution in [2.75, 3.05) is 26.1 Å². The number of methoxy groups -OCH3 is 2.